The summed E-state index contributed by atoms with van der Waals surface area (Å²) in [6.07, 6.45) is 0. The van der Waals surface area contributed by atoms with Crippen LogP contribution in [0.25, 0.3) is 76.8 Å². The Labute approximate surface area is 340 Å². The first-order valence-corrected chi connectivity index (χ1v) is 20.3. The van der Waals surface area contributed by atoms with Crippen molar-refractivity contribution in [3.05, 3.63) is 223 Å². The molecular formula is C57H41N. The highest BCUT2D eigenvalue weighted by Gasteiger charge is 2.36. The lowest BCUT2D eigenvalue weighted by Gasteiger charge is -2.30. The van der Waals surface area contributed by atoms with Crippen LogP contribution in [0.3, 0.4) is 0 Å². The molecule has 0 aliphatic heterocycles. The molecule has 274 valence electrons. The molecule has 58 heavy (non-hydrogen) atoms. The Morgan fingerprint density at radius 3 is 1.71 bits per heavy atom. The van der Waals surface area contributed by atoms with Gasteiger partial charge in [-0.2, -0.15) is 0 Å². The summed E-state index contributed by atoms with van der Waals surface area (Å²) in [7, 11) is 0. The van der Waals surface area contributed by atoms with Crippen molar-refractivity contribution in [2.45, 2.75) is 19.3 Å². The van der Waals surface area contributed by atoms with Crippen LogP contribution in [0.15, 0.2) is 212 Å². The lowest BCUT2D eigenvalue weighted by molar-refractivity contribution is 0.660. The Bertz CT molecular complexity index is 3190. The molecule has 0 amide bonds. The molecule has 0 fully saturated rings. The van der Waals surface area contributed by atoms with Gasteiger partial charge >= 0.3 is 0 Å². The number of hydrogen-bond donors (Lipinski definition) is 0. The third-order valence-corrected chi connectivity index (χ3v) is 12.4. The molecule has 0 bridgehead atoms. The summed E-state index contributed by atoms with van der Waals surface area (Å²) in [4.78, 5) is 2.48. The topological polar surface area (TPSA) is 3.24 Å². The average Bonchev–Trinajstić information content (AvgIpc) is 3.51. The van der Waals surface area contributed by atoms with Gasteiger partial charge in [0.25, 0.3) is 0 Å². The predicted octanol–water partition coefficient (Wildman–Crippen LogP) is 15.9. The molecule has 0 saturated carbocycles. The van der Waals surface area contributed by atoms with E-state index < -0.39 is 0 Å². The van der Waals surface area contributed by atoms with Gasteiger partial charge in [0.05, 0.1) is 5.69 Å². The van der Waals surface area contributed by atoms with Crippen LogP contribution in [0.5, 0.6) is 0 Å². The second-order valence-corrected chi connectivity index (χ2v) is 16.1. The first kappa shape index (κ1) is 34.1. The normalized spacial score (nSPS) is 12.8. The molecule has 0 radical (unpaired) electrons. The molecule has 0 N–H and O–H groups in total. The van der Waals surface area contributed by atoms with Gasteiger partial charge < -0.3 is 4.90 Å². The molecule has 1 aliphatic rings. The maximum atomic E-state index is 2.48. The van der Waals surface area contributed by atoms with E-state index in [4.69, 9.17) is 0 Å². The molecule has 0 atom stereocenters. The molecule has 0 unspecified atom stereocenters. The summed E-state index contributed by atoms with van der Waals surface area (Å²) in [6, 6.07) is 78.4. The summed E-state index contributed by atoms with van der Waals surface area (Å²) >= 11 is 0. The number of anilines is 3. The molecule has 0 spiro atoms. The molecule has 10 aromatic rings. The van der Waals surface area contributed by atoms with Crippen molar-refractivity contribution < 1.29 is 0 Å². The van der Waals surface area contributed by atoms with Crippen molar-refractivity contribution in [3.63, 3.8) is 0 Å². The Morgan fingerprint density at radius 2 is 0.879 bits per heavy atom. The lowest BCUT2D eigenvalue weighted by atomic mass is 9.82. The molecule has 0 heterocycles. The van der Waals surface area contributed by atoms with Crippen molar-refractivity contribution in [2.75, 3.05) is 4.90 Å². The van der Waals surface area contributed by atoms with Gasteiger partial charge in [0, 0.05) is 22.4 Å². The minimum Gasteiger partial charge on any atom is -0.310 e. The van der Waals surface area contributed by atoms with Crippen LogP contribution in [0.4, 0.5) is 17.1 Å². The molecular weight excluding hydrogens is 699 g/mol. The van der Waals surface area contributed by atoms with E-state index in [1.165, 1.54) is 88.0 Å². The van der Waals surface area contributed by atoms with E-state index in [0.717, 1.165) is 17.1 Å². The number of rotatable bonds is 6. The largest absolute Gasteiger partial charge is 0.310 e. The lowest BCUT2D eigenvalue weighted by Crippen LogP contribution is -2.17. The Kier molecular flexibility index (Phi) is 7.91. The number of hydrogen-bond acceptors (Lipinski definition) is 1. The molecule has 0 saturated heterocycles. The van der Waals surface area contributed by atoms with Crippen molar-refractivity contribution in [3.8, 4) is 44.5 Å². The molecule has 1 heteroatoms. The summed E-state index contributed by atoms with van der Waals surface area (Å²) < 4.78 is 0. The van der Waals surface area contributed by atoms with Gasteiger partial charge in [-0.15, -0.1) is 0 Å². The van der Waals surface area contributed by atoms with E-state index in [1.807, 2.05) is 0 Å². The maximum absolute atomic E-state index is 2.48. The summed E-state index contributed by atoms with van der Waals surface area (Å²) in [6.45, 7) is 4.73. The van der Waals surface area contributed by atoms with Gasteiger partial charge in [0.2, 0.25) is 0 Å². The second-order valence-electron chi connectivity index (χ2n) is 16.1. The van der Waals surface area contributed by atoms with Crippen molar-refractivity contribution in [1.82, 2.24) is 0 Å². The molecule has 1 nitrogen and oxygen atoms in total. The fourth-order valence-corrected chi connectivity index (χ4v) is 9.47. The van der Waals surface area contributed by atoms with Crippen LogP contribution < -0.4 is 4.90 Å². The highest BCUT2D eigenvalue weighted by atomic mass is 15.1. The Hall–Kier alpha value is -7.22. The van der Waals surface area contributed by atoms with E-state index in [0.29, 0.717) is 0 Å². The van der Waals surface area contributed by atoms with Gasteiger partial charge in [-0.3, -0.25) is 0 Å². The van der Waals surface area contributed by atoms with Crippen molar-refractivity contribution in [2.24, 2.45) is 0 Å². The smallest absolute Gasteiger partial charge is 0.0546 e. The molecule has 0 aromatic heterocycles. The summed E-state index contributed by atoms with van der Waals surface area (Å²) in [5, 5.41) is 7.56. The van der Waals surface area contributed by atoms with Crippen molar-refractivity contribution >= 4 is 49.4 Å². The summed E-state index contributed by atoms with van der Waals surface area (Å²) in [5.41, 5.74) is 15.8. The zero-order valence-electron chi connectivity index (χ0n) is 32.7. The minimum absolute atomic E-state index is 0.135. The van der Waals surface area contributed by atoms with Crippen LogP contribution in [0.2, 0.25) is 0 Å². The summed E-state index contributed by atoms with van der Waals surface area (Å²) in [5.74, 6) is 0. The van der Waals surface area contributed by atoms with E-state index in [-0.39, 0.29) is 5.41 Å². The highest BCUT2D eigenvalue weighted by Crippen LogP contribution is 2.52. The molecule has 11 rings (SSSR count). The SMILES string of the molecule is CC1(C)c2ccccc2-c2ccc(N(c3ccc(-c4cc5ccccc5c5ccccc45)cc3)c3cc(-c4ccc5ccccc5c4)ccc3-c3ccccc3)cc21. The zero-order chi connectivity index (χ0) is 38.8. The van der Waals surface area contributed by atoms with Gasteiger partial charge in [-0.1, -0.05) is 184 Å². The van der Waals surface area contributed by atoms with Crippen LogP contribution in [0, 0.1) is 0 Å². The first-order valence-electron chi connectivity index (χ1n) is 20.3. The van der Waals surface area contributed by atoms with Crippen LogP contribution in [-0.2, 0) is 5.41 Å². The van der Waals surface area contributed by atoms with E-state index in [2.05, 4.69) is 231 Å². The van der Waals surface area contributed by atoms with E-state index in [1.54, 1.807) is 0 Å². The molecule has 1 aliphatic carbocycles. The predicted molar refractivity (Wildman–Crippen MR) is 248 cm³/mol. The van der Waals surface area contributed by atoms with Gasteiger partial charge in [0.15, 0.2) is 0 Å². The fraction of sp³-hybridized carbons (Fsp3) is 0.0526. The second kappa shape index (κ2) is 13.5. The monoisotopic (exact) mass is 739 g/mol. The average molecular weight is 740 g/mol. The van der Waals surface area contributed by atoms with Crippen LogP contribution >= 0.6 is 0 Å². The number of fused-ring (bicyclic) bond motifs is 7. The number of nitrogens with zero attached hydrogens (tertiary/aromatic N) is 1. The Balaban J connectivity index is 1.13. The Morgan fingerprint density at radius 1 is 0.310 bits per heavy atom. The van der Waals surface area contributed by atoms with E-state index >= 15 is 0 Å². The maximum Gasteiger partial charge on any atom is 0.0546 e. The van der Waals surface area contributed by atoms with Gasteiger partial charge in [-0.05, 0) is 125 Å². The fourth-order valence-electron chi connectivity index (χ4n) is 9.47. The zero-order valence-corrected chi connectivity index (χ0v) is 32.7. The minimum atomic E-state index is -0.135. The van der Waals surface area contributed by atoms with Crippen LogP contribution in [0.1, 0.15) is 25.0 Å². The van der Waals surface area contributed by atoms with Crippen LogP contribution in [-0.4, -0.2) is 0 Å². The van der Waals surface area contributed by atoms with Gasteiger partial charge in [0.1, 0.15) is 0 Å². The third kappa shape index (κ3) is 5.54. The number of benzene rings is 10. The highest BCUT2D eigenvalue weighted by molar-refractivity contribution is 6.13. The van der Waals surface area contributed by atoms with Crippen molar-refractivity contribution in [1.29, 1.82) is 0 Å². The third-order valence-electron chi connectivity index (χ3n) is 12.4. The standard InChI is InChI=1S/C57H41N/c1-57(2)54-23-13-12-22-51(54)52-33-31-46(37-55(52)57)58(45-29-26-40(27-30-45)53-35-44-18-8-9-19-47(44)49-20-10-11-21-50(49)53)56-36-43(28-32-48(56)39-15-4-3-5-16-39)42-25-24-38-14-6-7-17-41(38)34-42/h3-37H,1-2H3. The van der Waals surface area contributed by atoms with E-state index in [9.17, 15) is 0 Å². The van der Waals surface area contributed by atoms with Gasteiger partial charge in [-0.25, -0.2) is 0 Å². The quantitative estimate of drug-likeness (QED) is 0.154. The first-order chi connectivity index (χ1) is 28.5. The molecule has 10 aromatic carbocycles.